The fourth-order valence-electron chi connectivity index (χ4n) is 3.17. The highest BCUT2D eigenvalue weighted by atomic mass is 16.5. The Balaban J connectivity index is 1.39. The lowest BCUT2D eigenvalue weighted by atomic mass is 9.93. The van der Waals surface area contributed by atoms with Crippen LogP contribution in [0.15, 0.2) is 42.6 Å². The lowest BCUT2D eigenvalue weighted by Crippen LogP contribution is -2.41. The Kier molecular flexibility index (Phi) is 6.52. The monoisotopic (exact) mass is 370 g/mol. The second kappa shape index (κ2) is 9.26. The molecule has 0 spiro atoms. The number of aromatic nitrogens is 1. The van der Waals surface area contributed by atoms with E-state index in [0.717, 1.165) is 31.2 Å². The van der Waals surface area contributed by atoms with Gasteiger partial charge >= 0.3 is 0 Å². The quantitative estimate of drug-likeness (QED) is 0.810. The van der Waals surface area contributed by atoms with E-state index in [4.69, 9.17) is 14.2 Å². The van der Waals surface area contributed by atoms with Gasteiger partial charge in [0.15, 0.2) is 18.1 Å². The van der Waals surface area contributed by atoms with Crippen molar-refractivity contribution in [3.8, 4) is 17.4 Å². The molecule has 1 aliphatic rings. The molecule has 6 nitrogen and oxygen atoms in total. The number of para-hydroxylation sites is 2. The maximum atomic E-state index is 12.2. The predicted molar refractivity (Wildman–Crippen MR) is 102 cm³/mol. The van der Waals surface area contributed by atoms with Gasteiger partial charge < -0.3 is 19.5 Å². The van der Waals surface area contributed by atoms with E-state index in [1.165, 1.54) is 0 Å². The van der Waals surface area contributed by atoms with Crippen LogP contribution in [0.3, 0.4) is 0 Å². The van der Waals surface area contributed by atoms with Crippen molar-refractivity contribution in [2.45, 2.75) is 44.8 Å². The molecular weight excluding hydrogens is 344 g/mol. The van der Waals surface area contributed by atoms with Crippen molar-refractivity contribution in [2.75, 3.05) is 13.7 Å². The van der Waals surface area contributed by atoms with E-state index in [2.05, 4.69) is 10.3 Å². The molecule has 1 aromatic carbocycles. The molecule has 0 unspecified atom stereocenters. The zero-order valence-corrected chi connectivity index (χ0v) is 15.8. The molecule has 1 amide bonds. The van der Waals surface area contributed by atoms with Crippen LogP contribution >= 0.6 is 0 Å². The van der Waals surface area contributed by atoms with E-state index in [1.807, 2.05) is 37.4 Å². The molecular formula is C21H26N2O4. The normalized spacial score (nSPS) is 19.2. The van der Waals surface area contributed by atoms with Gasteiger partial charge in [0.1, 0.15) is 6.10 Å². The fraction of sp³-hybridized carbons (Fsp3) is 0.429. The van der Waals surface area contributed by atoms with Gasteiger partial charge in [-0.1, -0.05) is 18.2 Å². The topological polar surface area (TPSA) is 69.7 Å². The summed E-state index contributed by atoms with van der Waals surface area (Å²) in [5.74, 6) is 1.73. The van der Waals surface area contributed by atoms with Crippen molar-refractivity contribution in [1.29, 1.82) is 0 Å². The number of methoxy groups -OCH3 is 1. The molecule has 0 saturated heterocycles. The molecule has 2 aromatic rings. The summed E-state index contributed by atoms with van der Waals surface area (Å²) in [4.78, 5) is 16.5. The summed E-state index contributed by atoms with van der Waals surface area (Å²) in [6.07, 6.45) is 5.52. The lowest BCUT2D eigenvalue weighted by Gasteiger charge is -2.29. The van der Waals surface area contributed by atoms with Crippen LogP contribution in [0.2, 0.25) is 0 Å². The molecule has 1 aromatic heterocycles. The summed E-state index contributed by atoms with van der Waals surface area (Å²) in [6, 6.07) is 11.3. The second-order valence-corrected chi connectivity index (χ2v) is 6.77. The number of benzene rings is 1. The number of nitrogens with zero attached hydrogens (tertiary/aromatic N) is 1. The fourth-order valence-corrected chi connectivity index (χ4v) is 3.17. The SMILES string of the molecule is COc1ccccc1OCC(=O)NC1CCC(Oc2ccc(C)cn2)CC1. The molecule has 6 heteroatoms. The van der Waals surface area contributed by atoms with Crippen LogP contribution in [0.4, 0.5) is 0 Å². The number of aryl methyl sites for hydroxylation is 1. The number of ether oxygens (including phenoxy) is 3. The number of pyridine rings is 1. The van der Waals surface area contributed by atoms with Crippen molar-refractivity contribution < 1.29 is 19.0 Å². The summed E-state index contributed by atoms with van der Waals surface area (Å²) in [5.41, 5.74) is 1.11. The Morgan fingerprint density at radius 2 is 1.85 bits per heavy atom. The van der Waals surface area contributed by atoms with Crippen LogP contribution in [0.25, 0.3) is 0 Å². The first-order chi connectivity index (χ1) is 13.1. The van der Waals surface area contributed by atoms with Gasteiger partial charge in [-0.25, -0.2) is 4.98 Å². The van der Waals surface area contributed by atoms with Crippen molar-refractivity contribution in [2.24, 2.45) is 0 Å². The van der Waals surface area contributed by atoms with Gasteiger partial charge in [-0.15, -0.1) is 0 Å². The number of carbonyl (C=O) groups is 1. The van der Waals surface area contributed by atoms with E-state index in [0.29, 0.717) is 17.4 Å². The van der Waals surface area contributed by atoms with Gasteiger partial charge in [0, 0.05) is 18.3 Å². The number of hydrogen-bond donors (Lipinski definition) is 1. The third-order valence-electron chi connectivity index (χ3n) is 4.64. The summed E-state index contributed by atoms with van der Waals surface area (Å²) in [7, 11) is 1.58. The number of carbonyl (C=O) groups excluding carboxylic acids is 1. The summed E-state index contributed by atoms with van der Waals surface area (Å²) < 4.78 is 16.7. The van der Waals surface area contributed by atoms with E-state index < -0.39 is 0 Å². The van der Waals surface area contributed by atoms with Gasteiger partial charge in [0.2, 0.25) is 5.88 Å². The van der Waals surface area contributed by atoms with Gasteiger partial charge in [0.25, 0.3) is 5.91 Å². The van der Waals surface area contributed by atoms with Crippen LogP contribution in [0.5, 0.6) is 17.4 Å². The third kappa shape index (κ3) is 5.61. The van der Waals surface area contributed by atoms with Crippen LogP contribution in [-0.4, -0.2) is 36.8 Å². The molecule has 0 bridgehead atoms. The minimum absolute atomic E-state index is 0.0237. The molecule has 1 aliphatic carbocycles. The number of hydrogen-bond acceptors (Lipinski definition) is 5. The van der Waals surface area contributed by atoms with Crippen LogP contribution in [0, 0.1) is 6.92 Å². The minimum atomic E-state index is -0.120. The first-order valence-corrected chi connectivity index (χ1v) is 9.28. The molecule has 1 fully saturated rings. The van der Waals surface area contributed by atoms with Gasteiger partial charge in [0.05, 0.1) is 7.11 Å². The first kappa shape index (κ1) is 19.0. The highest BCUT2D eigenvalue weighted by Gasteiger charge is 2.24. The van der Waals surface area contributed by atoms with Gasteiger partial charge in [-0.2, -0.15) is 0 Å². The average molecular weight is 370 g/mol. The molecule has 144 valence electrons. The number of amides is 1. The van der Waals surface area contributed by atoms with Crippen LogP contribution < -0.4 is 19.5 Å². The predicted octanol–water partition coefficient (Wildman–Crippen LogP) is 3.28. The molecule has 1 saturated carbocycles. The van der Waals surface area contributed by atoms with E-state index in [-0.39, 0.29) is 24.7 Å². The maximum absolute atomic E-state index is 12.2. The zero-order valence-electron chi connectivity index (χ0n) is 15.8. The lowest BCUT2D eigenvalue weighted by molar-refractivity contribution is -0.124. The van der Waals surface area contributed by atoms with Gasteiger partial charge in [-0.3, -0.25) is 4.79 Å². The van der Waals surface area contributed by atoms with E-state index in [1.54, 1.807) is 19.2 Å². The van der Waals surface area contributed by atoms with Crippen molar-refractivity contribution in [3.63, 3.8) is 0 Å². The van der Waals surface area contributed by atoms with Crippen molar-refractivity contribution in [1.82, 2.24) is 10.3 Å². The molecule has 0 atom stereocenters. The number of rotatable bonds is 7. The third-order valence-corrected chi connectivity index (χ3v) is 4.64. The first-order valence-electron chi connectivity index (χ1n) is 9.28. The molecule has 0 aliphatic heterocycles. The standard InChI is InChI=1S/C21H26N2O4/c1-15-7-12-21(22-13-15)27-17-10-8-16(9-11-17)23-20(24)14-26-19-6-4-3-5-18(19)25-2/h3-7,12-13,16-17H,8-11,14H2,1-2H3,(H,23,24). The average Bonchev–Trinajstić information content (AvgIpc) is 2.70. The Morgan fingerprint density at radius 1 is 1.11 bits per heavy atom. The Morgan fingerprint density at radius 3 is 2.52 bits per heavy atom. The van der Waals surface area contributed by atoms with Crippen molar-refractivity contribution >= 4 is 5.91 Å². The largest absolute Gasteiger partial charge is 0.493 e. The van der Waals surface area contributed by atoms with Crippen LogP contribution in [0.1, 0.15) is 31.2 Å². The van der Waals surface area contributed by atoms with Gasteiger partial charge in [-0.05, 0) is 50.3 Å². The zero-order chi connectivity index (χ0) is 19.1. The van der Waals surface area contributed by atoms with Crippen molar-refractivity contribution in [3.05, 3.63) is 48.2 Å². The Hall–Kier alpha value is -2.76. The smallest absolute Gasteiger partial charge is 0.258 e. The molecule has 0 radical (unpaired) electrons. The highest BCUT2D eigenvalue weighted by molar-refractivity contribution is 5.77. The second-order valence-electron chi connectivity index (χ2n) is 6.77. The number of nitrogens with one attached hydrogen (secondary N) is 1. The maximum Gasteiger partial charge on any atom is 0.258 e. The molecule has 1 heterocycles. The highest BCUT2D eigenvalue weighted by Crippen LogP contribution is 2.26. The Bertz CT molecular complexity index is 740. The van der Waals surface area contributed by atoms with Crippen LogP contribution in [-0.2, 0) is 4.79 Å². The molecule has 27 heavy (non-hydrogen) atoms. The summed E-state index contributed by atoms with van der Waals surface area (Å²) >= 11 is 0. The van der Waals surface area contributed by atoms with E-state index in [9.17, 15) is 4.79 Å². The Labute approximate surface area is 159 Å². The summed E-state index contributed by atoms with van der Waals surface area (Å²) in [6.45, 7) is 1.98. The van der Waals surface area contributed by atoms with E-state index >= 15 is 0 Å². The molecule has 3 rings (SSSR count). The summed E-state index contributed by atoms with van der Waals surface area (Å²) in [5, 5.41) is 3.04. The minimum Gasteiger partial charge on any atom is -0.493 e. The molecule has 1 N–H and O–H groups in total.